The van der Waals surface area contributed by atoms with E-state index in [4.69, 9.17) is 9.15 Å². The van der Waals surface area contributed by atoms with Crippen LogP contribution in [-0.2, 0) is 11.2 Å². The lowest BCUT2D eigenvalue weighted by Crippen LogP contribution is -2.20. The van der Waals surface area contributed by atoms with Crippen molar-refractivity contribution in [2.24, 2.45) is 0 Å². The van der Waals surface area contributed by atoms with Crippen LogP contribution in [0.4, 0.5) is 5.69 Å². The minimum atomic E-state index is -0.189. The quantitative estimate of drug-likeness (QED) is 0.543. The third-order valence-electron chi connectivity index (χ3n) is 4.36. The molecule has 0 bridgehead atoms. The van der Waals surface area contributed by atoms with Gasteiger partial charge in [0.25, 0.3) is 5.91 Å². The van der Waals surface area contributed by atoms with E-state index in [0.29, 0.717) is 5.75 Å². The van der Waals surface area contributed by atoms with Crippen LogP contribution in [0.25, 0.3) is 21.9 Å². The molecule has 1 amide bonds. The number of carbonyl (C=O) groups excluding carboxylic acids is 1. The SMILES string of the molecule is CCc1ccc(NC(=O)COc2ccc3oc4ccccc4c3c2)cc1. The topological polar surface area (TPSA) is 51.5 Å². The van der Waals surface area contributed by atoms with Gasteiger partial charge in [0.1, 0.15) is 16.9 Å². The van der Waals surface area contributed by atoms with Crippen molar-refractivity contribution in [3.8, 4) is 5.75 Å². The first-order valence-corrected chi connectivity index (χ1v) is 8.66. The summed E-state index contributed by atoms with van der Waals surface area (Å²) in [5.41, 5.74) is 3.65. The zero-order valence-corrected chi connectivity index (χ0v) is 14.5. The molecule has 3 aromatic carbocycles. The van der Waals surface area contributed by atoms with E-state index in [0.717, 1.165) is 34.0 Å². The van der Waals surface area contributed by atoms with Crippen molar-refractivity contribution >= 4 is 33.5 Å². The predicted octanol–water partition coefficient (Wildman–Crippen LogP) is 5.17. The standard InChI is InChI=1S/C22H19NO3/c1-2-15-7-9-16(10-8-15)23-22(24)14-25-17-11-12-21-19(13-17)18-5-3-4-6-20(18)26-21/h3-13H,2,14H2,1H3,(H,23,24). The van der Waals surface area contributed by atoms with Crippen LogP contribution >= 0.6 is 0 Å². The van der Waals surface area contributed by atoms with Gasteiger partial charge < -0.3 is 14.5 Å². The maximum Gasteiger partial charge on any atom is 0.262 e. The first-order chi connectivity index (χ1) is 12.7. The second kappa shape index (κ2) is 6.92. The lowest BCUT2D eigenvalue weighted by molar-refractivity contribution is -0.118. The molecule has 4 heteroatoms. The number of nitrogens with one attached hydrogen (secondary N) is 1. The molecule has 0 spiro atoms. The summed E-state index contributed by atoms with van der Waals surface area (Å²) in [4.78, 5) is 12.1. The molecule has 0 fully saturated rings. The van der Waals surface area contributed by atoms with Crippen molar-refractivity contribution < 1.29 is 13.9 Å². The first-order valence-electron chi connectivity index (χ1n) is 8.66. The third kappa shape index (κ3) is 3.26. The number of fused-ring (bicyclic) bond motifs is 3. The Morgan fingerprint density at radius 3 is 2.54 bits per heavy atom. The van der Waals surface area contributed by atoms with Crippen molar-refractivity contribution in [1.29, 1.82) is 0 Å². The van der Waals surface area contributed by atoms with Gasteiger partial charge in [0.05, 0.1) is 0 Å². The average molecular weight is 345 g/mol. The molecule has 0 saturated heterocycles. The summed E-state index contributed by atoms with van der Waals surface area (Å²) in [6.07, 6.45) is 0.975. The van der Waals surface area contributed by atoms with E-state index >= 15 is 0 Å². The summed E-state index contributed by atoms with van der Waals surface area (Å²) in [5.74, 6) is 0.451. The van der Waals surface area contributed by atoms with Crippen molar-refractivity contribution in [2.75, 3.05) is 11.9 Å². The van der Waals surface area contributed by atoms with Crippen LogP contribution in [0, 0.1) is 0 Å². The summed E-state index contributed by atoms with van der Waals surface area (Å²) < 4.78 is 11.5. The Labute approximate surface area is 151 Å². The smallest absolute Gasteiger partial charge is 0.262 e. The van der Waals surface area contributed by atoms with Gasteiger partial charge in [-0.15, -0.1) is 0 Å². The maximum absolute atomic E-state index is 12.1. The van der Waals surface area contributed by atoms with Crippen molar-refractivity contribution in [1.82, 2.24) is 0 Å². The normalized spacial score (nSPS) is 11.0. The van der Waals surface area contributed by atoms with E-state index in [1.807, 2.05) is 66.7 Å². The molecule has 4 aromatic rings. The molecule has 0 aliphatic carbocycles. The minimum Gasteiger partial charge on any atom is -0.484 e. The molecule has 0 radical (unpaired) electrons. The van der Waals surface area contributed by atoms with Gasteiger partial charge in [0.2, 0.25) is 0 Å². The van der Waals surface area contributed by atoms with Gasteiger partial charge in [0, 0.05) is 16.5 Å². The Morgan fingerprint density at radius 1 is 0.962 bits per heavy atom. The summed E-state index contributed by atoms with van der Waals surface area (Å²) in [6.45, 7) is 2.05. The van der Waals surface area contributed by atoms with Crippen molar-refractivity contribution in [3.05, 3.63) is 72.3 Å². The van der Waals surface area contributed by atoms with E-state index in [2.05, 4.69) is 12.2 Å². The molecule has 1 N–H and O–H groups in total. The van der Waals surface area contributed by atoms with Crippen LogP contribution in [-0.4, -0.2) is 12.5 Å². The number of amides is 1. The zero-order chi connectivity index (χ0) is 17.9. The molecule has 0 aliphatic heterocycles. The highest BCUT2D eigenvalue weighted by Gasteiger charge is 2.09. The van der Waals surface area contributed by atoms with Gasteiger partial charge >= 0.3 is 0 Å². The lowest BCUT2D eigenvalue weighted by Gasteiger charge is -2.08. The molecule has 0 unspecified atom stereocenters. The van der Waals surface area contributed by atoms with E-state index in [-0.39, 0.29) is 12.5 Å². The van der Waals surface area contributed by atoms with Crippen LogP contribution < -0.4 is 10.1 Å². The Morgan fingerprint density at radius 2 is 1.73 bits per heavy atom. The van der Waals surface area contributed by atoms with E-state index in [9.17, 15) is 4.79 Å². The summed E-state index contributed by atoms with van der Waals surface area (Å²) in [5, 5.41) is 4.86. The highest BCUT2D eigenvalue weighted by Crippen LogP contribution is 2.31. The van der Waals surface area contributed by atoms with Gasteiger partial charge in [-0.25, -0.2) is 0 Å². The number of aryl methyl sites for hydroxylation is 1. The highest BCUT2D eigenvalue weighted by molar-refractivity contribution is 6.05. The number of anilines is 1. The second-order valence-electron chi connectivity index (χ2n) is 6.14. The number of para-hydroxylation sites is 1. The molecular formula is C22H19NO3. The van der Waals surface area contributed by atoms with Gasteiger partial charge in [-0.1, -0.05) is 37.3 Å². The molecule has 26 heavy (non-hydrogen) atoms. The molecule has 4 rings (SSSR count). The Hall–Kier alpha value is -3.27. The lowest BCUT2D eigenvalue weighted by atomic mass is 10.1. The molecule has 4 nitrogen and oxygen atoms in total. The summed E-state index contributed by atoms with van der Waals surface area (Å²) >= 11 is 0. The van der Waals surface area contributed by atoms with Gasteiger partial charge in [-0.2, -0.15) is 0 Å². The van der Waals surface area contributed by atoms with E-state index in [1.54, 1.807) is 0 Å². The fourth-order valence-corrected chi connectivity index (χ4v) is 2.96. The molecule has 0 saturated carbocycles. The largest absolute Gasteiger partial charge is 0.484 e. The van der Waals surface area contributed by atoms with Crippen molar-refractivity contribution in [3.63, 3.8) is 0 Å². The van der Waals surface area contributed by atoms with Crippen LogP contribution in [0.5, 0.6) is 5.75 Å². The maximum atomic E-state index is 12.1. The number of ether oxygens (including phenoxy) is 1. The first kappa shape index (κ1) is 16.2. The van der Waals surface area contributed by atoms with E-state index in [1.165, 1.54) is 5.56 Å². The van der Waals surface area contributed by atoms with Crippen LogP contribution in [0.2, 0.25) is 0 Å². The molecule has 0 atom stereocenters. The van der Waals surface area contributed by atoms with Gasteiger partial charge in [-0.05, 0) is 48.4 Å². The number of hydrogen-bond donors (Lipinski definition) is 1. The van der Waals surface area contributed by atoms with Crippen LogP contribution in [0.15, 0.2) is 71.1 Å². The molecular weight excluding hydrogens is 326 g/mol. The van der Waals surface area contributed by atoms with Crippen LogP contribution in [0.3, 0.4) is 0 Å². The minimum absolute atomic E-state index is 0.0448. The summed E-state index contributed by atoms with van der Waals surface area (Å²) in [7, 11) is 0. The Kier molecular flexibility index (Phi) is 4.32. The van der Waals surface area contributed by atoms with Gasteiger partial charge in [-0.3, -0.25) is 4.79 Å². The number of benzene rings is 3. The highest BCUT2D eigenvalue weighted by atomic mass is 16.5. The second-order valence-corrected chi connectivity index (χ2v) is 6.14. The Balaban J connectivity index is 1.45. The predicted molar refractivity (Wildman–Crippen MR) is 104 cm³/mol. The number of carbonyl (C=O) groups is 1. The number of rotatable bonds is 5. The fourth-order valence-electron chi connectivity index (χ4n) is 2.96. The molecule has 0 aliphatic rings. The van der Waals surface area contributed by atoms with Crippen molar-refractivity contribution in [2.45, 2.75) is 13.3 Å². The van der Waals surface area contributed by atoms with Gasteiger partial charge in [0.15, 0.2) is 6.61 Å². The number of hydrogen-bond acceptors (Lipinski definition) is 3. The Bertz CT molecular complexity index is 1060. The fraction of sp³-hybridized carbons (Fsp3) is 0.136. The molecule has 130 valence electrons. The zero-order valence-electron chi connectivity index (χ0n) is 14.5. The molecule has 1 aromatic heterocycles. The summed E-state index contributed by atoms with van der Waals surface area (Å²) in [6, 6.07) is 21.3. The average Bonchev–Trinajstić information content (AvgIpc) is 3.05. The molecule has 1 heterocycles. The third-order valence-corrected chi connectivity index (χ3v) is 4.36. The number of furan rings is 1. The monoisotopic (exact) mass is 345 g/mol. The van der Waals surface area contributed by atoms with E-state index < -0.39 is 0 Å². The van der Waals surface area contributed by atoms with Crippen LogP contribution in [0.1, 0.15) is 12.5 Å².